The summed E-state index contributed by atoms with van der Waals surface area (Å²) in [5.74, 6) is 0.425. The molecule has 0 bridgehead atoms. The van der Waals surface area contributed by atoms with Crippen LogP contribution in [0, 0.1) is 13.8 Å². The second kappa shape index (κ2) is 9.76. The number of ether oxygens (including phenoxy) is 1. The van der Waals surface area contributed by atoms with Crippen LogP contribution < -0.4 is 5.32 Å². The molecule has 0 spiro atoms. The van der Waals surface area contributed by atoms with Crippen molar-refractivity contribution in [2.45, 2.75) is 58.2 Å². The molecule has 1 aliphatic carbocycles. The quantitative estimate of drug-likeness (QED) is 0.366. The molecule has 1 aliphatic rings. The molecular formula is C22H26N4O3S3. The third kappa shape index (κ3) is 4.35. The summed E-state index contributed by atoms with van der Waals surface area (Å²) in [5.41, 5.74) is 3.85. The van der Waals surface area contributed by atoms with Crippen molar-refractivity contribution in [1.29, 1.82) is 0 Å². The molecule has 0 aromatic carbocycles. The summed E-state index contributed by atoms with van der Waals surface area (Å²) in [5, 5.41) is 15.2. The fraction of sp³-hybridized carbons (Fsp3) is 0.455. The predicted octanol–water partition coefficient (Wildman–Crippen LogP) is 5.10. The molecule has 0 atom stereocenters. The summed E-state index contributed by atoms with van der Waals surface area (Å²) in [4.78, 5) is 27.2. The molecule has 10 heteroatoms. The van der Waals surface area contributed by atoms with Crippen molar-refractivity contribution >= 4 is 51.3 Å². The van der Waals surface area contributed by atoms with E-state index in [0.717, 1.165) is 40.8 Å². The van der Waals surface area contributed by atoms with Crippen LogP contribution in [0.3, 0.4) is 0 Å². The third-order valence-electron chi connectivity index (χ3n) is 5.70. The van der Waals surface area contributed by atoms with Crippen molar-refractivity contribution in [3.63, 3.8) is 0 Å². The van der Waals surface area contributed by atoms with E-state index in [9.17, 15) is 9.59 Å². The molecule has 4 rings (SSSR count). The van der Waals surface area contributed by atoms with Gasteiger partial charge in [0.25, 0.3) is 0 Å². The normalized spacial score (nSPS) is 13.1. The monoisotopic (exact) mass is 490 g/mol. The Morgan fingerprint density at radius 1 is 1.25 bits per heavy atom. The average molecular weight is 491 g/mol. The van der Waals surface area contributed by atoms with E-state index in [1.54, 1.807) is 0 Å². The number of hydrogen-bond donors (Lipinski definition) is 1. The van der Waals surface area contributed by atoms with Gasteiger partial charge in [-0.25, -0.2) is 4.79 Å². The number of aryl methyl sites for hydroxylation is 2. The Labute approximate surface area is 199 Å². The number of aromatic nitrogens is 3. The van der Waals surface area contributed by atoms with E-state index in [4.69, 9.17) is 4.74 Å². The van der Waals surface area contributed by atoms with Crippen LogP contribution in [0.25, 0.3) is 11.4 Å². The highest BCUT2D eigenvalue weighted by atomic mass is 32.2. The zero-order valence-electron chi connectivity index (χ0n) is 18.6. The number of anilines is 1. The molecule has 170 valence electrons. The molecule has 0 saturated heterocycles. The standard InChI is InChI=1S/C22H26N4O3S3/c1-5-26-19(15-10-30-16-9-7-6-8-14(15)16)24-25-22(26)31-11-17(27)23-20-18(21(28)29-4)12(2)13(3)32-20/h10H,5-9,11H2,1-4H3,(H,23,27). The molecule has 3 aromatic rings. The van der Waals surface area contributed by atoms with Gasteiger partial charge in [-0.1, -0.05) is 11.8 Å². The van der Waals surface area contributed by atoms with Crippen LogP contribution in [0.1, 0.15) is 51.0 Å². The van der Waals surface area contributed by atoms with E-state index in [0.29, 0.717) is 10.6 Å². The van der Waals surface area contributed by atoms with E-state index < -0.39 is 5.97 Å². The van der Waals surface area contributed by atoms with Gasteiger partial charge < -0.3 is 14.6 Å². The molecule has 3 aromatic heterocycles. The van der Waals surface area contributed by atoms with Gasteiger partial charge in [0.1, 0.15) is 5.00 Å². The van der Waals surface area contributed by atoms with Gasteiger partial charge in [0.05, 0.1) is 18.4 Å². The Balaban J connectivity index is 1.48. The number of carbonyl (C=O) groups excluding carboxylic acids is 2. The van der Waals surface area contributed by atoms with Crippen molar-refractivity contribution < 1.29 is 14.3 Å². The molecule has 0 fully saturated rings. The van der Waals surface area contributed by atoms with Crippen LogP contribution >= 0.6 is 34.4 Å². The number of carbonyl (C=O) groups is 2. The molecule has 0 aliphatic heterocycles. The zero-order chi connectivity index (χ0) is 22.8. The molecule has 1 N–H and O–H groups in total. The largest absolute Gasteiger partial charge is 0.465 e. The first-order chi connectivity index (χ1) is 15.4. The number of amides is 1. The Morgan fingerprint density at radius 3 is 2.78 bits per heavy atom. The van der Waals surface area contributed by atoms with Gasteiger partial charge in [-0.15, -0.1) is 32.9 Å². The number of methoxy groups -OCH3 is 1. The van der Waals surface area contributed by atoms with Crippen LogP contribution in [0.2, 0.25) is 0 Å². The first-order valence-electron chi connectivity index (χ1n) is 10.6. The number of nitrogens with zero attached hydrogens (tertiary/aromatic N) is 3. The summed E-state index contributed by atoms with van der Waals surface area (Å²) in [6.45, 7) is 6.57. The lowest BCUT2D eigenvalue weighted by Crippen LogP contribution is -2.16. The smallest absolute Gasteiger partial charge is 0.341 e. The summed E-state index contributed by atoms with van der Waals surface area (Å²) in [7, 11) is 1.34. The van der Waals surface area contributed by atoms with Gasteiger partial charge in [0.2, 0.25) is 5.91 Å². The van der Waals surface area contributed by atoms with Crippen molar-refractivity contribution in [1.82, 2.24) is 14.8 Å². The third-order valence-corrected chi connectivity index (χ3v) is 8.87. The van der Waals surface area contributed by atoms with Crippen molar-refractivity contribution in [2.75, 3.05) is 18.2 Å². The molecule has 0 saturated carbocycles. The Bertz CT molecular complexity index is 1160. The summed E-state index contributed by atoms with van der Waals surface area (Å²) < 4.78 is 6.96. The molecule has 1 amide bonds. The van der Waals surface area contributed by atoms with Crippen LogP contribution in [0.15, 0.2) is 10.5 Å². The summed E-state index contributed by atoms with van der Waals surface area (Å²) in [6.07, 6.45) is 4.72. The maximum absolute atomic E-state index is 12.7. The summed E-state index contributed by atoms with van der Waals surface area (Å²) in [6, 6.07) is 0. The van der Waals surface area contributed by atoms with Gasteiger partial charge in [-0.2, -0.15) is 0 Å². The lowest BCUT2D eigenvalue weighted by Gasteiger charge is -2.13. The van der Waals surface area contributed by atoms with Gasteiger partial charge in [-0.05, 0) is 57.6 Å². The summed E-state index contributed by atoms with van der Waals surface area (Å²) >= 11 is 4.55. The minimum atomic E-state index is -0.440. The number of rotatable bonds is 7. The minimum Gasteiger partial charge on any atom is -0.465 e. The Kier molecular flexibility index (Phi) is 7.02. The highest BCUT2D eigenvalue weighted by molar-refractivity contribution is 7.99. The van der Waals surface area contributed by atoms with Crippen molar-refractivity contribution in [3.8, 4) is 11.4 Å². The van der Waals surface area contributed by atoms with E-state index in [-0.39, 0.29) is 11.7 Å². The highest BCUT2D eigenvalue weighted by Crippen LogP contribution is 2.37. The first-order valence-corrected chi connectivity index (χ1v) is 13.3. The molecule has 32 heavy (non-hydrogen) atoms. The molecule has 0 unspecified atom stereocenters. The van der Waals surface area contributed by atoms with Crippen LogP contribution in [-0.2, 0) is 28.9 Å². The van der Waals surface area contributed by atoms with Gasteiger partial charge in [-0.3, -0.25) is 4.79 Å². The lowest BCUT2D eigenvalue weighted by molar-refractivity contribution is -0.113. The second-order valence-corrected chi connectivity index (χ2v) is 10.8. The Morgan fingerprint density at radius 2 is 2.03 bits per heavy atom. The zero-order valence-corrected chi connectivity index (χ0v) is 21.1. The van der Waals surface area contributed by atoms with Crippen LogP contribution in [0.4, 0.5) is 5.00 Å². The Hall–Kier alpha value is -2.17. The molecule has 7 nitrogen and oxygen atoms in total. The fourth-order valence-corrected chi connectivity index (χ4v) is 6.91. The van der Waals surface area contributed by atoms with Gasteiger partial charge in [0.15, 0.2) is 11.0 Å². The SMILES string of the molecule is CCn1c(SCC(=O)Nc2sc(C)c(C)c2C(=O)OC)nnc1-c1csc2c1CCCC2. The van der Waals surface area contributed by atoms with Gasteiger partial charge >= 0.3 is 5.97 Å². The molecular weight excluding hydrogens is 464 g/mol. The number of fused-ring (bicyclic) bond motifs is 1. The maximum atomic E-state index is 12.7. The van der Waals surface area contributed by atoms with E-state index in [1.807, 2.05) is 25.2 Å². The van der Waals surface area contributed by atoms with E-state index in [1.165, 1.54) is 59.1 Å². The second-order valence-electron chi connectivity index (χ2n) is 7.62. The van der Waals surface area contributed by atoms with Gasteiger partial charge in [0, 0.05) is 27.2 Å². The van der Waals surface area contributed by atoms with E-state index in [2.05, 4.69) is 32.4 Å². The van der Waals surface area contributed by atoms with E-state index >= 15 is 0 Å². The fourth-order valence-electron chi connectivity index (χ4n) is 3.92. The topological polar surface area (TPSA) is 86.1 Å². The highest BCUT2D eigenvalue weighted by Gasteiger charge is 2.24. The molecule has 3 heterocycles. The lowest BCUT2D eigenvalue weighted by atomic mass is 9.96. The number of thioether (sulfide) groups is 1. The number of nitrogens with one attached hydrogen (secondary N) is 1. The minimum absolute atomic E-state index is 0.177. The maximum Gasteiger partial charge on any atom is 0.341 e. The number of esters is 1. The number of thiophene rings is 2. The van der Waals surface area contributed by atoms with Crippen molar-refractivity contribution in [3.05, 3.63) is 31.8 Å². The van der Waals surface area contributed by atoms with Crippen molar-refractivity contribution in [2.24, 2.45) is 0 Å². The average Bonchev–Trinajstić information content (AvgIpc) is 3.47. The predicted molar refractivity (Wildman–Crippen MR) is 130 cm³/mol. The van der Waals surface area contributed by atoms with Crippen LogP contribution in [-0.4, -0.2) is 39.5 Å². The number of hydrogen-bond acceptors (Lipinski definition) is 8. The molecule has 0 radical (unpaired) electrons. The first kappa shape index (κ1) is 23.0. The van der Waals surface area contributed by atoms with Crippen LogP contribution in [0.5, 0.6) is 0 Å².